The van der Waals surface area contributed by atoms with E-state index in [1.807, 2.05) is 12.1 Å². The minimum absolute atomic E-state index is 0.281. The van der Waals surface area contributed by atoms with E-state index >= 15 is 0 Å². The van der Waals surface area contributed by atoms with Crippen LogP contribution >= 0.6 is 7.80 Å². The molecule has 0 N–H and O–H groups in total. The van der Waals surface area contributed by atoms with Crippen LogP contribution in [-0.4, -0.2) is 5.52 Å². The first-order valence-electron chi connectivity index (χ1n) is 4.98. The first kappa shape index (κ1) is 10.8. The van der Waals surface area contributed by atoms with Crippen LogP contribution in [0.3, 0.4) is 0 Å². The molecule has 80 valence electrons. The van der Waals surface area contributed by atoms with E-state index in [4.69, 9.17) is 0 Å². The smallest absolute Gasteiger partial charge is 0.222 e. The highest BCUT2D eigenvalue weighted by atomic mass is 31.1. The van der Waals surface area contributed by atoms with Crippen molar-refractivity contribution in [3.8, 4) is 0 Å². The summed E-state index contributed by atoms with van der Waals surface area (Å²) in [5, 5.41) is 0.612. The van der Waals surface area contributed by atoms with Crippen molar-refractivity contribution >= 4 is 18.6 Å². The van der Waals surface area contributed by atoms with Gasteiger partial charge in [0.25, 0.3) is 0 Å². The molecule has 2 rings (SSSR count). The first-order valence-corrected chi connectivity index (χ1v) is 6.39. The molecule has 0 amide bonds. The molecule has 0 aliphatic heterocycles. The van der Waals surface area contributed by atoms with E-state index in [1.165, 1.54) is 0 Å². The van der Waals surface area contributed by atoms with E-state index in [1.54, 1.807) is 48.5 Å². The lowest BCUT2D eigenvalue weighted by Crippen LogP contribution is -2.03. The molecule has 0 saturated carbocycles. The minimum Gasteiger partial charge on any atom is -0.313 e. The van der Waals surface area contributed by atoms with Crippen LogP contribution in [0.15, 0.2) is 60.7 Å². The molecule has 0 aliphatic carbocycles. The van der Waals surface area contributed by atoms with Gasteiger partial charge in [-0.2, -0.15) is 0 Å². The van der Waals surface area contributed by atoms with Gasteiger partial charge in [-0.05, 0) is 0 Å². The van der Waals surface area contributed by atoms with Gasteiger partial charge >= 0.3 is 0 Å². The third-order valence-corrected chi connectivity index (χ3v) is 3.84. The maximum Gasteiger partial charge on any atom is 0.222 e. The molecule has 0 saturated heterocycles. The summed E-state index contributed by atoms with van der Waals surface area (Å²) < 4.78 is 12.0. The lowest BCUT2D eigenvalue weighted by molar-refractivity contribution is 0.108. The maximum atomic E-state index is 12.0. The molecule has 0 bridgehead atoms. The second kappa shape index (κ2) is 4.91. The Morgan fingerprint density at radius 2 is 1.31 bits per heavy atom. The standard InChI is InChI=1S/C13H11O2P/c14-13(11-7-3-1-4-8-11)16(15)12-9-5-2-6-10-12/h1-10,16H. The first-order chi connectivity index (χ1) is 7.79. The summed E-state index contributed by atoms with van der Waals surface area (Å²) in [4.78, 5) is 11.9. The van der Waals surface area contributed by atoms with Crippen LogP contribution in [0.25, 0.3) is 0 Å². The van der Waals surface area contributed by atoms with Gasteiger partial charge in [-0.1, -0.05) is 60.7 Å². The van der Waals surface area contributed by atoms with Gasteiger partial charge in [0, 0.05) is 10.9 Å². The van der Waals surface area contributed by atoms with Crippen LogP contribution in [0.2, 0.25) is 0 Å². The molecule has 1 unspecified atom stereocenters. The topological polar surface area (TPSA) is 34.1 Å². The van der Waals surface area contributed by atoms with Crippen molar-refractivity contribution < 1.29 is 9.36 Å². The van der Waals surface area contributed by atoms with Gasteiger partial charge in [0.1, 0.15) is 0 Å². The van der Waals surface area contributed by atoms with Crippen molar-refractivity contribution in [3.63, 3.8) is 0 Å². The molecular weight excluding hydrogens is 219 g/mol. The van der Waals surface area contributed by atoms with Gasteiger partial charge in [0.2, 0.25) is 5.52 Å². The zero-order valence-corrected chi connectivity index (χ0v) is 9.59. The molecule has 3 heteroatoms. The normalized spacial score (nSPS) is 12.0. The number of hydrogen-bond acceptors (Lipinski definition) is 2. The number of carbonyl (C=O) groups excluding carboxylic acids is 1. The summed E-state index contributed by atoms with van der Waals surface area (Å²) in [5.74, 6) is 0. The number of rotatable bonds is 3. The summed E-state index contributed by atoms with van der Waals surface area (Å²) in [6.45, 7) is 0. The molecule has 2 aromatic carbocycles. The Balaban J connectivity index is 2.28. The fraction of sp³-hybridized carbons (Fsp3) is 0. The number of carbonyl (C=O) groups is 1. The van der Waals surface area contributed by atoms with E-state index in [-0.39, 0.29) is 5.52 Å². The summed E-state index contributed by atoms with van der Waals surface area (Å²) in [6.07, 6.45) is 0. The van der Waals surface area contributed by atoms with E-state index in [2.05, 4.69) is 0 Å². The Hall–Kier alpha value is -1.66. The van der Waals surface area contributed by atoms with E-state index in [0.717, 1.165) is 0 Å². The van der Waals surface area contributed by atoms with Gasteiger partial charge in [-0.15, -0.1) is 0 Å². The average molecular weight is 230 g/mol. The maximum absolute atomic E-state index is 12.0. The van der Waals surface area contributed by atoms with Crippen molar-refractivity contribution in [3.05, 3.63) is 66.2 Å². The van der Waals surface area contributed by atoms with Gasteiger partial charge < -0.3 is 4.57 Å². The Kier molecular flexibility index (Phi) is 3.33. The molecule has 0 aromatic heterocycles. The monoisotopic (exact) mass is 230 g/mol. The molecule has 1 atom stereocenters. The largest absolute Gasteiger partial charge is 0.313 e. The fourth-order valence-corrected chi connectivity index (χ4v) is 2.63. The fourth-order valence-electron chi connectivity index (χ4n) is 1.44. The molecule has 2 aromatic rings. The quantitative estimate of drug-likeness (QED) is 0.760. The summed E-state index contributed by atoms with van der Waals surface area (Å²) in [7, 11) is -2.39. The Bertz CT molecular complexity index is 456. The van der Waals surface area contributed by atoms with Crippen LogP contribution in [-0.2, 0) is 4.57 Å². The number of hydrogen-bond donors (Lipinski definition) is 0. The van der Waals surface area contributed by atoms with E-state index < -0.39 is 7.80 Å². The second-order valence-corrected chi connectivity index (χ2v) is 5.08. The molecule has 0 radical (unpaired) electrons. The van der Waals surface area contributed by atoms with Crippen molar-refractivity contribution in [1.29, 1.82) is 0 Å². The zero-order valence-electron chi connectivity index (χ0n) is 8.59. The van der Waals surface area contributed by atoms with Crippen molar-refractivity contribution in [1.82, 2.24) is 0 Å². The molecule has 16 heavy (non-hydrogen) atoms. The average Bonchev–Trinajstić information content (AvgIpc) is 2.39. The van der Waals surface area contributed by atoms with Crippen molar-refractivity contribution in [2.24, 2.45) is 0 Å². The van der Waals surface area contributed by atoms with Crippen LogP contribution in [0.1, 0.15) is 10.4 Å². The zero-order chi connectivity index (χ0) is 11.4. The summed E-state index contributed by atoms with van der Waals surface area (Å²) in [5.41, 5.74) is 0.229. The van der Waals surface area contributed by atoms with Crippen LogP contribution in [0, 0.1) is 0 Å². The van der Waals surface area contributed by atoms with Crippen molar-refractivity contribution in [2.45, 2.75) is 0 Å². The third kappa shape index (κ3) is 2.29. The van der Waals surface area contributed by atoms with Crippen LogP contribution in [0.4, 0.5) is 0 Å². The van der Waals surface area contributed by atoms with Gasteiger partial charge in [0.15, 0.2) is 7.80 Å². The molecular formula is C13H11O2P. The van der Waals surface area contributed by atoms with Crippen molar-refractivity contribution in [2.75, 3.05) is 0 Å². The highest BCUT2D eigenvalue weighted by Gasteiger charge is 2.14. The SMILES string of the molecule is O=C(c1ccccc1)[PH](=O)c1ccccc1. The lowest BCUT2D eigenvalue weighted by atomic mass is 10.2. The molecule has 0 aliphatic rings. The molecule has 0 fully saturated rings. The van der Waals surface area contributed by atoms with Crippen LogP contribution in [0.5, 0.6) is 0 Å². The predicted octanol–water partition coefficient (Wildman–Crippen LogP) is 2.71. The summed E-state index contributed by atoms with van der Waals surface area (Å²) >= 11 is 0. The lowest BCUT2D eigenvalue weighted by Gasteiger charge is -2.01. The predicted molar refractivity (Wildman–Crippen MR) is 65.9 cm³/mol. The summed E-state index contributed by atoms with van der Waals surface area (Å²) in [6, 6.07) is 17.6. The Morgan fingerprint density at radius 1 is 0.812 bits per heavy atom. The van der Waals surface area contributed by atoms with Gasteiger partial charge in [-0.3, -0.25) is 4.79 Å². The highest BCUT2D eigenvalue weighted by Crippen LogP contribution is 2.25. The minimum atomic E-state index is -2.39. The second-order valence-electron chi connectivity index (χ2n) is 3.39. The van der Waals surface area contributed by atoms with Gasteiger partial charge in [-0.25, -0.2) is 0 Å². The Morgan fingerprint density at radius 3 is 1.88 bits per heavy atom. The van der Waals surface area contributed by atoms with E-state index in [9.17, 15) is 9.36 Å². The highest BCUT2D eigenvalue weighted by molar-refractivity contribution is 7.71. The third-order valence-electron chi connectivity index (χ3n) is 2.28. The van der Waals surface area contributed by atoms with E-state index in [0.29, 0.717) is 10.9 Å². The Labute approximate surface area is 94.7 Å². The molecule has 0 spiro atoms. The van der Waals surface area contributed by atoms with Gasteiger partial charge in [0.05, 0.1) is 0 Å². The van der Waals surface area contributed by atoms with Crippen LogP contribution < -0.4 is 5.30 Å². The molecule has 2 nitrogen and oxygen atoms in total. The molecule has 0 heterocycles. The number of benzene rings is 2.